The second-order valence-corrected chi connectivity index (χ2v) is 6.31. The fourth-order valence-electron chi connectivity index (χ4n) is 2.60. The summed E-state index contributed by atoms with van der Waals surface area (Å²) in [5.41, 5.74) is 5.98. The highest BCUT2D eigenvalue weighted by Gasteiger charge is 2.29. The number of amides is 1. The van der Waals surface area contributed by atoms with Gasteiger partial charge in [0.1, 0.15) is 0 Å². The molecule has 1 rings (SSSR count). The molecular formula is C15H31N3O. The van der Waals surface area contributed by atoms with E-state index in [2.05, 4.69) is 32.7 Å². The van der Waals surface area contributed by atoms with Gasteiger partial charge in [-0.05, 0) is 46.6 Å². The van der Waals surface area contributed by atoms with Crippen LogP contribution < -0.4 is 5.73 Å². The van der Waals surface area contributed by atoms with Gasteiger partial charge in [-0.2, -0.15) is 0 Å². The first kappa shape index (κ1) is 16.4. The molecule has 1 aliphatic rings. The molecule has 0 aromatic rings. The average Bonchev–Trinajstić information content (AvgIpc) is 2.44. The molecule has 0 radical (unpaired) electrons. The Kier molecular flexibility index (Phi) is 6.27. The molecule has 1 heterocycles. The van der Waals surface area contributed by atoms with Gasteiger partial charge in [0, 0.05) is 37.6 Å². The molecule has 19 heavy (non-hydrogen) atoms. The Morgan fingerprint density at radius 3 is 2.37 bits per heavy atom. The Labute approximate surface area is 118 Å². The Morgan fingerprint density at radius 2 is 1.89 bits per heavy atom. The average molecular weight is 269 g/mol. The standard InChI is InChI=1S/C15H31N3O/c1-5-15(2,3)17(4)13(12-16)11-14(19)18-9-7-6-8-10-18/h13H,5-12,16H2,1-4H3. The summed E-state index contributed by atoms with van der Waals surface area (Å²) in [5, 5.41) is 0. The highest BCUT2D eigenvalue weighted by atomic mass is 16.2. The van der Waals surface area contributed by atoms with Crippen molar-refractivity contribution in [3.63, 3.8) is 0 Å². The number of hydrogen-bond donors (Lipinski definition) is 1. The largest absolute Gasteiger partial charge is 0.343 e. The molecule has 1 amide bonds. The minimum Gasteiger partial charge on any atom is -0.343 e. The van der Waals surface area contributed by atoms with Gasteiger partial charge in [0.15, 0.2) is 0 Å². The minimum atomic E-state index is 0.0895. The van der Waals surface area contributed by atoms with Crippen LogP contribution in [0, 0.1) is 0 Å². The zero-order valence-corrected chi connectivity index (χ0v) is 13.1. The van der Waals surface area contributed by atoms with Gasteiger partial charge in [-0.15, -0.1) is 0 Å². The number of carbonyl (C=O) groups is 1. The van der Waals surface area contributed by atoms with Crippen molar-refractivity contribution < 1.29 is 4.79 Å². The van der Waals surface area contributed by atoms with Gasteiger partial charge in [0.2, 0.25) is 5.91 Å². The first-order valence-corrected chi connectivity index (χ1v) is 7.63. The molecule has 0 bridgehead atoms. The summed E-state index contributed by atoms with van der Waals surface area (Å²) in [5.74, 6) is 0.272. The van der Waals surface area contributed by atoms with Gasteiger partial charge < -0.3 is 10.6 Å². The molecule has 1 unspecified atom stereocenters. The number of nitrogens with zero attached hydrogens (tertiary/aromatic N) is 2. The molecule has 0 aromatic carbocycles. The molecule has 1 aliphatic heterocycles. The van der Waals surface area contributed by atoms with Gasteiger partial charge in [-0.1, -0.05) is 6.92 Å². The Balaban J connectivity index is 2.58. The summed E-state index contributed by atoms with van der Waals surface area (Å²) in [4.78, 5) is 16.6. The van der Waals surface area contributed by atoms with Crippen molar-refractivity contribution in [2.75, 3.05) is 26.7 Å². The fraction of sp³-hybridized carbons (Fsp3) is 0.933. The highest BCUT2D eigenvalue weighted by molar-refractivity contribution is 5.77. The highest BCUT2D eigenvalue weighted by Crippen LogP contribution is 2.21. The van der Waals surface area contributed by atoms with Gasteiger partial charge >= 0.3 is 0 Å². The van der Waals surface area contributed by atoms with E-state index in [0.717, 1.165) is 32.4 Å². The van der Waals surface area contributed by atoms with Crippen molar-refractivity contribution in [2.45, 2.75) is 64.5 Å². The number of piperidine rings is 1. The smallest absolute Gasteiger partial charge is 0.224 e. The van der Waals surface area contributed by atoms with Crippen LogP contribution in [0.15, 0.2) is 0 Å². The molecule has 1 fully saturated rings. The summed E-state index contributed by atoms with van der Waals surface area (Å²) in [7, 11) is 2.09. The van der Waals surface area contributed by atoms with E-state index in [1.807, 2.05) is 4.90 Å². The Bertz CT molecular complexity index is 285. The topological polar surface area (TPSA) is 49.6 Å². The molecule has 112 valence electrons. The van der Waals surface area contributed by atoms with E-state index in [1.165, 1.54) is 6.42 Å². The number of rotatable bonds is 6. The van der Waals surface area contributed by atoms with Crippen molar-refractivity contribution in [2.24, 2.45) is 5.73 Å². The minimum absolute atomic E-state index is 0.0895. The van der Waals surface area contributed by atoms with Crippen molar-refractivity contribution in [1.82, 2.24) is 9.80 Å². The third-order valence-corrected chi connectivity index (χ3v) is 4.76. The molecule has 0 aliphatic carbocycles. The molecular weight excluding hydrogens is 238 g/mol. The normalized spacial score (nSPS) is 18.7. The van der Waals surface area contributed by atoms with E-state index in [1.54, 1.807) is 0 Å². The van der Waals surface area contributed by atoms with Crippen molar-refractivity contribution >= 4 is 5.91 Å². The number of likely N-dealkylation sites (N-methyl/N-ethyl adjacent to an activating group) is 1. The maximum absolute atomic E-state index is 12.3. The number of nitrogens with two attached hydrogens (primary N) is 1. The summed E-state index contributed by atoms with van der Waals surface area (Å²) < 4.78 is 0. The lowest BCUT2D eigenvalue weighted by molar-refractivity contribution is -0.133. The molecule has 1 atom stereocenters. The van der Waals surface area contributed by atoms with Crippen LogP contribution in [0.3, 0.4) is 0 Å². The van der Waals surface area contributed by atoms with Gasteiger partial charge in [-0.3, -0.25) is 9.69 Å². The lowest BCUT2D eigenvalue weighted by Gasteiger charge is -2.41. The lowest BCUT2D eigenvalue weighted by atomic mass is 9.96. The first-order valence-electron chi connectivity index (χ1n) is 7.63. The van der Waals surface area contributed by atoms with Crippen LogP contribution in [0.5, 0.6) is 0 Å². The molecule has 0 aromatic heterocycles. The maximum atomic E-state index is 12.3. The van der Waals surface area contributed by atoms with E-state index in [0.29, 0.717) is 13.0 Å². The van der Waals surface area contributed by atoms with Crippen molar-refractivity contribution in [3.05, 3.63) is 0 Å². The van der Waals surface area contributed by atoms with Crippen LogP contribution in [-0.4, -0.2) is 54.0 Å². The SMILES string of the molecule is CCC(C)(C)N(C)C(CN)CC(=O)N1CCCCC1. The molecule has 4 nitrogen and oxygen atoms in total. The van der Waals surface area contributed by atoms with Gasteiger partial charge in [0.25, 0.3) is 0 Å². The molecule has 0 saturated carbocycles. The Morgan fingerprint density at radius 1 is 1.32 bits per heavy atom. The number of carbonyl (C=O) groups excluding carboxylic acids is 1. The van der Waals surface area contributed by atoms with E-state index >= 15 is 0 Å². The molecule has 1 saturated heterocycles. The molecule has 4 heteroatoms. The summed E-state index contributed by atoms with van der Waals surface area (Å²) in [6.45, 7) is 8.99. The van der Waals surface area contributed by atoms with E-state index < -0.39 is 0 Å². The second-order valence-electron chi connectivity index (χ2n) is 6.31. The second kappa shape index (κ2) is 7.25. The third-order valence-electron chi connectivity index (χ3n) is 4.76. The molecule has 0 spiro atoms. The fourth-order valence-corrected chi connectivity index (χ4v) is 2.60. The first-order chi connectivity index (χ1) is 8.92. The van der Waals surface area contributed by atoms with Crippen LogP contribution in [0.2, 0.25) is 0 Å². The third kappa shape index (κ3) is 4.46. The summed E-state index contributed by atoms with van der Waals surface area (Å²) in [6.07, 6.45) is 5.16. The zero-order chi connectivity index (χ0) is 14.5. The van der Waals surface area contributed by atoms with Gasteiger partial charge in [-0.25, -0.2) is 0 Å². The maximum Gasteiger partial charge on any atom is 0.224 e. The predicted octanol–water partition coefficient (Wildman–Crippen LogP) is 1.84. The predicted molar refractivity (Wildman–Crippen MR) is 80.0 cm³/mol. The molecule has 2 N–H and O–H groups in total. The monoisotopic (exact) mass is 269 g/mol. The van der Waals surface area contributed by atoms with Crippen molar-refractivity contribution in [1.29, 1.82) is 0 Å². The van der Waals surface area contributed by atoms with Crippen LogP contribution in [-0.2, 0) is 4.79 Å². The van der Waals surface area contributed by atoms with E-state index in [9.17, 15) is 4.79 Å². The lowest BCUT2D eigenvalue weighted by Crippen LogP contribution is -2.52. The zero-order valence-electron chi connectivity index (χ0n) is 13.1. The summed E-state index contributed by atoms with van der Waals surface area (Å²) >= 11 is 0. The van der Waals surface area contributed by atoms with E-state index in [-0.39, 0.29) is 17.5 Å². The van der Waals surface area contributed by atoms with Crippen LogP contribution >= 0.6 is 0 Å². The summed E-state index contributed by atoms with van der Waals surface area (Å²) in [6, 6.07) is 0.143. The Hall–Kier alpha value is -0.610. The van der Waals surface area contributed by atoms with Crippen molar-refractivity contribution in [3.8, 4) is 0 Å². The van der Waals surface area contributed by atoms with E-state index in [4.69, 9.17) is 5.73 Å². The van der Waals surface area contributed by atoms with Gasteiger partial charge in [0.05, 0.1) is 0 Å². The van der Waals surface area contributed by atoms with Crippen LogP contribution in [0.4, 0.5) is 0 Å². The van der Waals surface area contributed by atoms with Crippen LogP contribution in [0.25, 0.3) is 0 Å². The quantitative estimate of drug-likeness (QED) is 0.800. The number of likely N-dealkylation sites (tertiary alicyclic amines) is 1. The number of hydrogen-bond acceptors (Lipinski definition) is 3. The van der Waals surface area contributed by atoms with Crippen LogP contribution in [0.1, 0.15) is 52.9 Å².